The van der Waals surface area contributed by atoms with Crippen LogP contribution in [-0.2, 0) is 11.2 Å². The van der Waals surface area contributed by atoms with Crippen molar-refractivity contribution in [3.05, 3.63) is 42.2 Å². The van der Waals surface area contributed by atoms with Crippen LogP contribution in [0.5, 0.6) is 0 Å². The van der Waals surface area contributed by atoms with Crippen molar-refractivity contribution in [3.8, 4) is 0 Å². The van der Waals surface area contributed by atoms with Crippen LogP contribution in [0.25, 0.3) is 10.8 Å². The van der Waals surface area contributed by atoms with Crippen molar-refractivity contribution in [2.75, 3.05) is 0 Å². The number of hydrogen-bond acceptors (Lipinski definition) is 2. The molecule has 1 aromatic carbocycles. The minimum absolute atomic E-state index is 0.135. The van der Waals surface area contributed by atoms with Crippen molar-refractivity contribution in [3.63, 3.8) is 0 Å². The molecular formula is C24H28F2N2O. The van der Waals surface area contributed by atoms with Gasteiger partial charge in [0.2, 0.25) is 11.8 Å². The lowest BCUT2D eigenvalue weighted by Crippen LogP contribution is -2.50. The lowest BCUT2D eigenvalue weighted by Gasteiger charge is -2.42. The zero-order chi connectivity index (χ0) is 20.0. The Labute approximate surface area is 170 Å². The fourth-order valence-corrected chi connectivity index (χ4v) is 5.98. The van der Waals surface area contributed by atoms with Gasteiger partial charge in [0.25, 0.3) is 0 Å². The minimum Gasteiger partial charge on any atom is -0.336 e. The highest BCUT2D eigenvalue weighted by Crippen LogP contribution is 2.43. The number of carbonyl (C=O) groups is 1. The summed E-state index contributed by atoms with van der Waals surface area (Å²) in [6.45, 7) is 0. The van der Waals surface area contributed by atoms with E-state index < -0.39 is 5.92 Å². The summed E-state index contributed by atoms with van der Waals surface area (Å²) in [5.74, 6) is -2.05. The van der Waals surface area contributed by atoms with E-state index in [4.69, 9.17) is 0 Å². The van der Waals surface area contributed by atoms with Crippen LogP contribution < -0.4 is 0 Å². The summed E-state index contributed by atoms with van der Waals surface area (Å²) in [6.07, 6.45) is 9.41. The molecule has 2 bridgehead atoms. The van der Waals surface area contributed by atoms with Gasteiger partial charge in [-0.25, -0.2) is 8.78 Å². The second-order valence-corrected chi connectivity index (χ2v) is 9.32. The molecule has 1 aromatic heterocycles. The maximum absolute atomic E-state index is 13.5. The molecule has 2 unspecified atom stereocenters. The van der Waals surface area contributed by atoms with E-state index in [1.165, 1.54) is 16.3 Å². The highest BCUT2D eigenvalue weighted by atomic mass is 19.3. The number of rotatable bonds is 3. The molecule has 3 nitrogen and oxygen atoms in total. The van der Waals surface area contributed by atoms with E-state index in [1.54, 1.807) is 0 Å². The van der Waals surface area contributed by atoms with Crippen molar-refractivity contribution in [1.29, 1.82) is 0 Å². The lowest BCUT2D eigenvalue weighted by molar-refractivity contribution is -0.144. The average molecular weight is 398 g/mol. The second kappa shape index (κ2) is 7.33. The molecule has 1 amide bonds. The zero-order valence-electron chi connectivity index (χ0n) is 16.7. The number of amides is 1. The van der Waals surface area contributed by atoms with Crippen molar-refractivity contribution in [2.24, 2.45) is 11.8 Å². The molecule has 154 valence electrons. The molecule has 29 heavy (non-hydrogen) atoms. The van der Waals surface area contributed by atoms with Gasteiger partial charge in [0.15, 0.2) is 0 Å². The predicted octanol–water partition coefficient (Wildman–Crippen LogP) is 5.37. The second-order valence-electron chi connectivity index (χ2n) is 9.32. The number of carbonyl (C=O) groups excluding carboxylic acids is 1. The molecule has 1 aliphatic carbocycles. The van der Waals surface area contributed by atoms with Crippen LogP contribution in [0.3, 0.4) is 0 Å². The van der Waals surface area contributed by atoms with Crippen LogP contribution in [0.2, 0.25) is 0 Å². The smallest absolute Gasteiger partial charge is 0.248 e. The molecule has 2 aromatic rings. The van der Waals surface area contributed by atoms with Crippen molar-refractivity contribution < 1.29 is 13.6 Å². The molecule has 2 aliphatic heterocycles. The molecule has 3 heterocycles. The van der Waals surface area contributed by atoms with Gasteiger partial charge >= 0.3 is 0 Å². The van der Waals surface area contributed by atoms with Gasteiger partial charge in [-0.1, -0.05) is 18.2 Å². The molecule has 2 saturated heterocycles. The first-order valence-electron chi connectivity index (χ1n) is 11.0. The Balaban J connectivity index is 1.27. The van der Waals surface area contributed by atoms with Crippen LogP contribution in [0.4, 0.5) is 8.78 Å². The number of hydrogen-bond donors (Lipinski definition) is 0. The normalized spacial score (nSPS) is 29.3. The van der Waals surface area contributed by atoms with Crippen LogP contribution in [0.15, 0.2) is 36.7 Å². The Morgan fingerprint density at radius 1 is 1.07 bits per heavy atom. The number of aromatic nitrogens is 1. The predicted molar refractivity (Wildman–Crippen MR) is 109 cm³/mol. The summed E-state index contributed by atoms with van der Waals surface area (Å²) < 4.78 is 27.0. The Kier molecular flexibility index (Phi) is 4.79. The Morgan fingerprint density at radius 2 is 1.79 bits per heavy atom. The third-order valence-corrected chi connectivity index (χ3v) is 7.43. The van der Waals surface area contributed by atoms with Crippen molar-refractivity contribution >= 4 is 16.7 Å². The summed E-state index contributed by atoms with van der Waals surface area (Å²) in [7, 11) is 0. The monoisotopic (exact) mass is 398 g/mol. The minimum atomic E-state index is -2.57. The summed E-state index contributed by atoms with van der Waals surface area (Å²) in [5, 5.41) is 2.45. The Morgan fingerprint density at radius 3 is 2.52 bits per heavy atom. The van der Waals surface area contributed by atoms with Crippen LogP contribution in [-0.4, -0.2) is 33.8 Å². The van der Waals surface area contributed by atoms with E-state index in [0.717, 1.165) is 32.1 Å². The first kappa shape index (κ1) is 19.0. The number of halogens is 2. The zero-order valence-corrected chi connectivity index (χ0v) is 16.7. The SMILES string of the molecule is O=C(C1CCC(F)(F)CC1)N1C2CCC1CC(Cc1cccc3ccncc13)C2. The molecule has 1 saturated carbocycles. The van der Waals surface area contributed by atoms with Gasteiger partial charge < -0.3 is 4.90 Å². The topological polar surface area (TPSA) is 33.2 Å². The van der Waals surface area contributed by atoms with Gasteiger partial charge in [-0.3, -0.25) is 9.78 Å². The average Bonchev–Trinajstić information content (AvgIpc) is 2.98. The number of benzene rings is 1. The molecular weight excluding hydrogens is 370 g/mol. The standard InChI is InChI=1S/C24H28F2N2O/c25-24(26)9-6-18(7-10-24)23(29)28-20-4-5-21(28)14-16(13-20)12-19-3-1-2-17-8-11-27-15-22(17)19/h1-3,8,11,15-16,18,20-21H,4-7,9-10,12-14H2. The van der Waals surface area contributed by atoms with E-state index >= 15 is 0 Å². The van der Waals surface area contributed by atoms with Gasteiger partial charge in [0.05, 0.1) is 0 Å². The van der Waals surface area contributed by atoms with Crippen molar-refractivity contribution in [1.82, 2.24) is 9.88 Å². The first-order valence-corrected chi connectivity index (χ1v) is 11.0. The van der Waals surface area contributed by atoms with E-state index in [2.05, 4.69) is 34.1 Å². The van der Waals surface area contributed by atoms with E-state index in [-0.39, 0.29) is 24.7 Å². The number of pyridine rings is 1. The number of alkyl halides is 2. The summed E-state index contributed by atoms with van der Waals surface area (Å²) >= 11 is 0. The van der Waals surface area contributed by atoms with Crippen LogP contribution in [0.1, 0.15) is 56.9 Å². The van der Waals surface area contributed by atoms with Gasteiger partial charge in [-0.05, 0) is 67.9 Å². The third-order valence-electron chi connectivity index (χ3n) is 7.43. The fourth-order valence-electron chi connectivity index (χ4n) is 5.98. The molecule has 5 rings (SSSR count). The molecule has 3 aliphatic rings. The molecule has 2 atom stereocenters. The van der Waals surface area contributed by atoms with Gasteiger partial charge in [-0.15, -0.1) is 0 Å². The summed E-state index contributed by atoms with van der Waals surface area (Å²) in [6, 6.07) is 9.08. The van der Waals surface area contributed by atoms with Gasteiger partial charge in [0, 0.05) is 48.6 Å². The first-order chi connectivity index (χ1) is 14.0. The lowest BCUT2D eigenvalue weighted by atomic mass is 9.82. The maximum atomic E-state index is 13.5. The highest BCUT2D eigenvalue weighted by molar-refractivity contribution is 5.84. The Hall–Kier alpha value is -2.04. The largest absolute Gasteiger partial charge is 0.336 e. The third kappa shape index (κ3) is 3.64. The molecule has 0 spiro atoms. The van der Waals surface area contributed by atoms with Crippen LogP contribution >= 0.6 is 0 Å². The summed E-state index contributed by atoms with van der Waals surface area (Å²) in [4.78, 5) is 19.5. The van der Waals surface area contributed by atoms with E-state index in [0.29, 0.717) is 30.8 Å². The molecule has 5 heteroatoms. The molecule has 0 radical (unpaired) electrons. The number of fused-ring (bicyclic) bond motifs is 3. The fraction of sp³-hybridized carbons (Fsp3) is 0.583. The maximum Gasteiger partial charge on any atom is 0.248 e. The Bertz CT molecular complexity index is 885. The number of nitrogens with zero attached hydrogens (tertiary/aromatic N) is 2. The highest BCUT2D eigenvalue weighted by Gasteiger charge is 2.46. The molecule has 3 fully saturated rings. The molecule has 0 N–H and O–H groups in total. The van der Waals surface area contributed by atoms with Gasteiger partial charge in [0.1, 0.15) is 0 Å². The summed E-state index contributed by atoms with van der Waals surface area (Å²) in [5.41, 5.74) is 1.34. The number of piperidine rings is 1. The van der Waals surface area contributed by atoms with Gasteiger partial charge in [-0.2, -0.15) is 0 Å². The quantitative estimate of drug-likeness (QED) is 0.696. The van der Waals surface area contributed by atoms with E-state index in [1.807, 2.05) is 12.4 Å². The van der Waals surface area contributed by atoms with Crippen molar-refractivity contribution in [2.45, 2.75) is 75.8 Å². The van der Waals surface area contributed by atoms with Crippen LogP contribution in [0, 0.1) is 11.8 Å². The van der Waals surface area contributed by atoms with E-state index in [9.17, 15) is 13.6 Å².